The van der Waals surface area contributed by atoms with Gasteiger partial charge in [0, 0.05) is 32.7 Å². The zero-order valence-corrected chi connectivity index (χ0v) is 15.9. The summed E-state index contributed by atoms with van der Waals surface area (Å²) in [6.07, 6.45) is 3.54. The Balaban J connectivity index is 1.33. The van der Waals surface area contributed by atoms with Crippen molar-refractivity contribution in [2.45, 2.75) is 37.8 Å². The molecule has 7 heteroatoms. The van der Waals surface area contributed by atoms with Gasteiger partial charge in [-0.15, -0.1) is 0 Å². The Morgan fingerprint density at radius 2 is 2.00 bits per heavy atom. The number of hydrogen-bond donors (Lipinski definition) is 1. The molecule has 3 atom stereocenters. The number of likely N-dealkylation sites (tertiary alicyclic amines) is 1. The van der Waals surface area contributed by atoms with Crippen molar-refractivity contribution >= 4 is 11.8 Å². The lowest BCUT2D eigenvalue weighted by atomic mass is 9.89. The predicted molar refractivity (Wildman–Crippen MR) is 95.5 cm³/mol. The smallest absolute Gasteiger partial charge is 0.239 e. The Labute approximate surface area is 155 Å². The first-order valence-electron chi connectivity index (χ1n) is 9.95. The molecule has 0 aromatic heterocycles. The van der Waals surface area contributed by atoms with Crippen molar-refractivity contribution in [1.82, 2.24) is 15.1 Å². The van der Waals surface area contributed by atoms with E-state index in [2.05, 4.69) is 17.1 Å². The van der Waals surface area contributed by atoms with Gasteiger partial charge in [0.25, 0.3) is 0 Å². The van der Waals surface area contributed by atoms with Gasteiger partial charge in [0.2, 0.25) is 11.8 Å². The van der Waals surface area contributed by atoms with Gasteiger partial charge in [-0.2, -0.15) is 0 Å². The Morgan fingerprint density at radius 3 is 2.62 bits per heavy atom. The lowest BCUT2D eigenvalue weighted by Crippen LogP contribution is -2.74. The monoisotopic (exact) mass is 365 g/mol. The van der Waals surface area contributed by atoms with Gasteiger partial charge in [0.15, 0.2) is 0 Å². The van der Waals surface area contributed by atoms with Crippen LogP contribution in [0.4, 0.5) is 0 Å². The Hall–Kier alpha value is -1.18. The third kappa shape index (κ3) is 3.75. The fourth-order valence-electron chi connectivity index (χ4n) is 4.24. The number of nitrogens with one attached hydrogen (secondary N) is 1. The number of amides is 2. The van der Waals surface area contributed by atoms with E-state index >= 15 is 0 Å². The number of carbonyl (C=O) groups excluding carboxylic acids is 2. The summed E-state index contributed by atoms with van der Waals surface area (Å²) in [6, 6.07) is -0.230. The number of carbonyl (C=O) groups is 2. The Kier molecular flexibility index (Phi) is 4.96. The highest BCUT2D eigenvalue weighted by molar-refractivity contribution is 5.83. The van der Waals surface area contributed by atoms with Gasteiger partial charge in [-0.05, 0) is 31.1 Å². The van der Waals surface area contributed by atoms with Crippen LogP contribution < -0.4 is 5.32 Å². The van der Waals surface area contributed by atoms with Gasteiger partial charge >= 0.3 is 0 Å². The van der Waals surface area contributed by atoms with Crippen LogP contribution in [0.1, 0.15) is 26.2 Å². The molecule has 1 N–H and O–H groups in total. The highest BCUT2D eigenvalue weighted by Gasteiger charge is 2.55. The van der Waals surface area contributed by atoms with Crippen molar-refractivity contribution in [3.8, 4) is 0 Å². The summed E-state index contributed by atoms with van der Waals surface area (Å²) in [7, 11) is 1.63. The fourth-order valence-corrected chi connectivity index (χ4v) is 4.24. The third-order valence-corrected chi connectivity index (χ3v) is 6.27. The summed E-state index contributed by atoms with van der Waals surface area (Å²) in [4.78, 5) is 29.2. The highest BCUT2D eigenvalue weighted by atomic mass is 16.5. The van der Waals surface area contributed by atoms with Crippen LogP contribution in [-0.2, 0) is 19.1 Å². The molecule has 4 aliphatic rings. The molecule has 0 bridgehead atoms. The molecule has 2 aliphatic carbocycles. The number of ether oxygens (including phenoxy) is 2. The number of nitrogens with zero attached hydrogens (tertiary/aromatic N) is 2. The van der Waals surface area contributed by atoms with Crippen molar-refractivity contribution in [2.24, 2.45) is 17.8 Å². The second-order valence-corrected chi connectivity index (χ2v) is 8.68. The van der Waals surface area contributed by atoms with Gasteiger partial charge in [-0.3, -0.25) is 14.5 Å². The minimum absolute atomic E-state index is 0.0246. The van der Waals surface area contributed by atoms with Crippen LogP contribution >= 0.6 is 0 Å². The van der Waals surface area contributed by atoms with Gasteiger partial charge in [-0.25, -0.2) is 0 Å². The maximum Gasteiger partial charge on any atom is 0.239 e. The second kappa shape index (κ2) is 7.09. The summed E-state index contributed by atoms with van der Waals surface area (Å²) in [5.74, 6) is 1.80. The Morgan fingerprint density at radius 1 is 1.27 bits per heavy atom. The maximum absolute atomic E-state index is 12.6. The van der Waals surface area contributed by atoms with Crippen LogP contribution in [0.15, 0.2) is 0 Å². The van der Waals surface area contributed by atoms with Gasteiger partial charge in [0.1, 0.15) is 11.6 Å². The lowest BCUT2D eigenvalue weighted by Gasteiger charge is -2.55. The predicted octanol–water partition coefficient (Wildman–Crippen LogP) is 0.0968. The van der Waals surface area contributed by atoms with E-state index in [0.717, 1.165) is 19.5 Å². The number of morpholine rings is 1. The van der Waals surface area contributed by atoms with E-state index in [1.54, 1.807) is 7.11 Å². The maximum atomic E-state index is 12.6. The van der Waals surface area contributed by atoms with E-state index in [0.29, 0.717) is 50.6 Å². The zero-order valence-electron chi connectivity index (χ0n) is 15.9. The average molecular weight is 365 g/mol. The van der Waals surface area contributed by atoms with Crippen LogP contribution in [0.25, 0.3) is 0 Å². The molecule has 2 heterocycles. The summed E-state index contributed by atoms with van der Waals surface area (Å²) >= 11 is 0. The average Bonchev–Trinajstić information content (AvgIpc) is 3.50. The molecular weight excluding hydrogens is 334 g/mol. The molecule has 7 nitrogen and oxygen atoms in total. The fraction of sp³-hybridized carbons (Fsp3) is 0.895. The molecule has 4 rings (SSSR count). The molecule has 2 saturated heterocycles. The third-order valence-electron chi connectivity index (χ3n) is 6.27. The molecule has 2 amide bonds. The first kappa shape index (κ1) is 18.2. The van der Waals surface area contributed by atoms with Crippen molar-refractivity contribution in [3.63, 3.8) is 0 Å². The van der Waals surface area contributed by atoms with Gasteiger partial charge in [0.05, 0.1) is 26.3 Å². The minimum Gasteiger partial charge on any atom is -0.383 e. The van der Waals surface area contributed by atoms with Crippen LogP contribution in [0, 0.1) is 17.8 Å². The van der Waals surface area contributed by atoms with E-state index in [-0.39, 0.29) is 23.5 Å². The topological polar surface area (TPSA) is 71.1 Å². The van der Waals surface area contributed by atoms with Crippen molar-refractivity contribution in [3.05, 3.63) is 0 Å². The van der Waals surface area contributed by atoms with Gasteiger partial charge < -0.3 is 19.7 Å². The molecule has 146 valence electrons. The highest BCUT2D eigenvalue weighted by Crippen LogP contribution is 2.42. The molecule has 26 heavy (non-hydrogen) atoms. The lowest BCUT2D eigenvalue weighted by molar-refractivity contribution is -0.205. The standard InChI is InChI=1S/C19H31N3O4/c1-13-7-15(13)18(24)22-11-19(12-22)10-21(8-14-3-4-14)16(9-26-19)17(23)20-5-6-25-2/h13-16H,3-12H2,1-2H3,(H,20,23)/t13-,15+,16-/m0/s1. The number of hydrogen-bond acceptors (Lipinski definition) is 5. The Bertz CT molecular complexity index is 559. The largest absolute Gasteiger partial charge is 0.383 e. The molecule has 0 radical (unpaired) electrons. The van der Waals surface area contributed by atoms with Crippen LogP contribution in [0.5, 0.6) is 0 Å². The molecule has 2 saturated carbocycles. The molecule has 4 fully saturated rings. The first-order chi connectivity index (χ1) is 12.5. The summed E-state index contributed by atoms with van der Waals surface area (Å²) in [5.41, 5.74) is -0.272. The molecule has 1 spiro atoms. The van der Waals surface area contributed by atoms with Crippen molar-refractivity contribution in [2.75, 3.05) is 53.0 Å². The van der Waals surface area contributed by atoms with Crippen molar-refractivity contribution in [1.29, 1.82) is 0 Å². The molecule has 0 unspecified atom stereocenters. The summed E-state index contributed by atoms with van der Waals surface area (Å²) in [6.45, 7) is 6.64. The van der Waals surface area contributed by atoms with E-state index in [1.165, 1.54) is 12.8 Å². The van der Waals surface area contributed by atoms with E-state index in [1.807, 2.05) is 4.90 Å². The normalized spacial score (nSPS) is 33.0. The molecule has 0 aromatic rings. The second-order valence-electron chi connectivity index (χ2n) is 8.68. The molecule has 2 aliphatic heterocycles. The molecular formula is C19H31N3O4. The quantitative estimate of drug-likeness (QED) is 0.648. The van der Waals surface area contributed by atoms with E-state index < -0.39 is 0 Å². The zero-order chi connectivity index (χ0) is 18.3. The first-order valence-corrected chi connectivity index (χ1v) is 9.95. The van der Waals surface area contributed by atoms with Crippen molar-refractivity contribution < 1.29 is 19.1 Å². The van der Waals surface area contributed by atoms with Crippen LogP contribution in [0.2, 0.25) is 0 Å². The molecule has 0 aromatic carbocycles. The van der Waals surface area contributed by atoms with Crippen LogP contribution in [0.3, 0.4) is 0 Å². The number of rotatable bonds is 7. The van der Waals surface area contributed by atoms with E-state index in [9.17, 15) is 9.59 Å². The summed E-state index contributed by atoms with van der Waals surface area (Å²) in [5, 5.41) is 2.95. The summed E-state index contributed by atoms with van der Waals surface area (Å²) < 4.78 is 11.2. The van der Waals surface area contributed by atoms with Crippen LogP contribution in [-0.4, -0.2) is 86.3 Å². The van der Waals surface area contributed by atoms with Gasteiger partial charge in [-0.1, -0.05) is 6.92 Å². The van der Waals surface area contributed by atoms with E-state index in [4.69, 9.17) is 9.47 Å². The minimum atomic E-state index is -0.272. The number of methoxy groups -OCH3 is 1. The SMILES string of the molecule is COCCNC(=O)[C@@H]1COC2(CN(C(=O)[C@@H]3C[C@@H]3C)C2)CN1CC1CC1.